The molecule has 2 aromatic heterocycles. The third kappa shape index (κ3) is 1.98. The number of benzene rings is 1. The molecule has 0 aliphatic heterocycles. The van der Waals surface area contributed by atoms with Crippen LogP contribution in [0.4, 0.5) is 0 Å². The van der Waals surface area contributed by atoms with Crippen LogP contribution in [0.1, 0.15) is 16.5 Å². The number of rotatable bonds is 3. The molecule has 1 aromatic carbocycles. The average molecular weight is 256 g/mol. The van der Waals surface area contributed by atoms with Crippen molar-refractivity contribution >= 4 is 22.4 Å². The molecule has 90 valence electrons. The number of nitrogens with one attached hydrogen (secondary N) is 1. The van der Waals surface area contributed by atoms with Crippen molar-refractivity contribution in [2.45, 2.75) is 6.04 Å². The van der Waals surface area contributed by atoms with Crippen molar-refractivity contribution in [3.63, 3.8) is 0 Å². The van der Waals surface area contributed by atoms with Gasteiger partial charge in [-0.2, -0.15) is 0 Å². The Kier molecular flexibility index (Phi) is 3.00. The van der Waals surface area contributed by atoms with Crippen LogP contribution >= 0.6 is 11.5 Å². The molecule has 4 nitrogen and oxygen atoms in total. The second kappa shape index (κ2) is 4.80. The first-order valence-electron chi connectivity index (χ1n) is 5.67. The van der Waals surface area contributed by atoms with Gasteiger partial charge < -0.3 is 5.32 Å². The highest BCUT2D eigenvalue weighted by Crippen LogP contribution is 2.25. The Bertz CT molecular complexity index is 651. The SMILES string of the molecule is CNC(c1ccc2cccnc2c1)c1cnns1. The van der Waals surface area contributed by atoms with Crippen LogP contribution in [0, 0.1) is 0 Å². The molecule has 0 fully saturated rings. The summed E-state index contributed by atoms with van der Waals surface area (Å²) in [7, 11) is 1.94. The zero-order chi connectivity index (χ0) is 12.4. The van der Waals surface area contributed by atoms with Gasteiger partial charge in [-0.1, -0.05) is 22.7 Å². The van der Waals surface area contributed by atoms with Crippen LogP contribution in [-0.4, -0.2) is 21.6 Å². The highest BCUT2D eigenvalue weighted by atomic mass is 32.1. The number of aromatic nitrogens is 3. The van der Waals surface area contributed by atoms with Crippen molar-refractivity contribution < 1.29 is 0 Å². The molecule has 0 aliphatic carbocycles. The van der Waals surface area contributed by atoms with Gasteiger partial charge in [0.1, 0.15) is 0 Å². The zero-order valence-corrected chi connectivity index (χ0v) is 10.7. The summed E-state index contributed by atoms with van der Waals surface area (Å²) in [4.78, 5) is 5.49. The normalized spacial score (nSPS) is 12.7. The van der Waals surface area contributed by atoms with E-state index in [2.05, 4.69) is 44.2 Å². The van der Waals surface area contributed by atoms with Gasteiger partial charge in [0.25, 0.3) is 0 Å². The first-order valence-corrected chi connectivity index (χ1v) is 6.45. The van der Waals surface area contributed by atoms with Crippen molar-refractivity contribution in [1.29, 1.82) is 0 Å². The van der Waals surface area contributed by atoms with E-state index >= 15 is 0 Å². The predicted molar refractivity (Wildman–Crippen MR) is 72.6 cm³/mol. The van der Waals surface area contributed by atoms with Gasteiger partial charge in [0.15, 0.2) is 0 Å². The summed E-state index contributed by atoms with van der Waals surface area (Å²) in [6, 6.07) is 10.5. The van der Waals surface area contributed by atoms with E-state index in [0.717, 1.165) is 15.8 Å². The number of pyridine rings is 1. The standard InChI is InChI=1S/C13H12N4S/c1-14-13(12-8-16-17-18-12)10-5-4-9-3-2-6-15-11(9)7-10/h2-8,13-14H,1H3. The lowest BCUT2D eigenvalue weighted by Crippen LogP contribution is -2.16. The molecule has 0 radical (unpaired) electrons. The molecule has 3 aromatic rings. The predicted octanol–water partition coefficient (Wildman–Crippen LogP) is 2.40. The van der Waals surface area contributed by atoms with Gasteiger partial charge in [0.05, 0.1) is 22.6 Å². The minimum Gasteiger partial charge on any atom is -0.309 e. The van der Waals surface area contributed by atoms with E-state index in [-0.39, 0.29) is 6.04 Å². The Labute approximate surface area is 109 Å². The van der Waals surface area contributed by atoms with Gasteiger partial charge in [0.2, 0.25) is 0 Å². The fraction of sp³-hybridized carbons (Fsp3) is 0.154. The highest BCUT2D eigenvalue weighted by Gasteiger charge is 2.14. The minimum atomic E-state index is 0.122. The quantitative estimate of drug-likeness (QED) is 0.781. The molecular weight excluding hydrogens is 244 g/mol. The third-order valence-electron chi connectivity index (χ3n) is 2.91. The molecule has 1 unspecified atom stereocenters. The van der Waals surface area contributed by atoms with Crippen LogP contribution in [0.15, 0.2) is 42.7 Å². The van der Waals surface area contributed by atoms with Crippen LogP contribution in [0.5, 0.6) is 0 Å². The number of fused-ring (bicyclic) bond motifs is 1. The summed E-state index contributed by atoms with van der Waals surface area (Å²) in [5.74, 6) is 0. The van der Waals surface area contributed by atoms with Gasteiger partial charge in [-0.3, -0.25) is 4.98 Å². The highest BCUT2D eigenvalue weighted by molar-refractivity contribution is 7.05. The lowest BCUT2D eigenvalue weighted by atomic mass is 10.0. The molecular formula is C13H12N4S. The van der Waals surface area contributed by atoms with Gasteiger partial charge in [-0.05, 0) is 36.3 Å². The average Bonchev–Trinajstić information content (AvgIpc) is 2.93. The molecule has 1 N–H and O–H groups in total. The van der Waals surface area contributed by atoms with Crippen LogP contribution in [0.2, 0.25) is 0 Å². The summed E-state index contributed by atoms with van der Waals surface area (Å²) >= 11 is 1.41. The van der Waals surface area contributed by atoms with Gasteiger partial charge in [-0.15, -0.1) is 5.10 Å². The molecule has 5 heteroatoms. The Hall–Kier alpha value is -1.85. The van der Waals surface area contributed by atoms with E-state index in [1.54, 1.807) is 6.20 Å². The van der Waals surface area contributed by atoms with E-state index in [4.69, 9.17) is 0 Å². The Morgan fingerprint density at radius 3 is 3.00 bits per heavy atom. The molecule has 3 rings (SSSR count). The van der Waals surface area contributed by atoms with E-state index in [1.807, 2.05) is 19.3 Å². The largest absolute Gasteiger partial charge is 0.309 e. The summed E-state index contributed by atoms with van der Waals surface area (Å²) in [6.07, 6.45) is 3.61. The van der Waals surface area contributed by atoms with Crippen LogP contribution in [0.3, 0.4) is 0 Å². The molecule has 0 amide bonds. The molecule has 0 bridgehead atoms. The molecule has 2 heterocycles. The summed E-state index contributed by atoms with van der Waals surface area (Å²) < 4.78 is 3.91. The van der Waals surface area contributed by atoms with Crippen molar-refractivity contribution in [1.82, 2.24) is 19.9 Å². The van der Waals surface area contributed by atoms with Crippen LogP contribution in [0.25, 0.3) is 10.9 Å². The van der Waals surface area contributed by atoms with Crippen molar-refractivity contribution in [2.24, 2.45) is 0 Å². The van der Waals surface area contributed by atoms with E-state index in [1.165, 1.54) is 17.1 Å². The van der Waals surface area contributed by atoms with Crippen molar-refractivity contribution in [3.8, 4) is 0 Å². The number of hydrogen-bond acceptors (Lipinski definition) is 5. The Morgan fingerprint density at radius 1 is 1.28 bits per heavy atom. The topological polar surface area (TPSA) is 50.7 Å². The van der Waals surface area contributed by atoms with Crippen LogP contribution < -0.4 is 5.32 Å². The molecule has 0 spiro atoms. The lowest BCUT2D eigenvalue weighted by molar-refractivity contribution is 0.703. The second-order valence-electron chi connectivity index (χ2n) is 4.00. The lowest BCUT2D eigenvalue weighted by Gasteiger charge is -2.14. The number of nitrogens with zero attached hydrogens (tertiary/aromatic N) is 3. The van der Waals surface area contributed by atoms with Crippen molar-refractivity contribution in [2.75, 3.05) is 7.05 Å². The van der Waals surface area contributed by atoms with Gasteiger partial charge in [-0.25, -0.2) is 0 Å². The third-order valence-corrected chi connectivity index (χ3v) is 3.64. The molecule has 0 saturated carbocycles. The summed E-state index contributed by atoms with van der Waals surface area (Å²) in [5, 5.41) is 8.33. The fourth-order valence-electron chi connectivity index (χ4n) is 2.04. The van der Waals surface area contributed by atoms with E-state index in [0.29, 0.717) is 0 Å². The van der Waals surface area contributed by atoms with E-state index in [9.17, 15) is 0 Å². The summed E-state index contributed by atoms with van der Waals surface area (Å²) in [5.41, 5.74) is 2.18. The summed E-state index contributed by atoms with van der Waals surface area (Å²) in [6.45, 7) is 0. The molecule has 1 atom stereocenters. The Balaban J connectivity index is 2.07. The zero-order valence-electron chi connectivity index (χ0n) is 9.87. The molecule has 0 saturated heterocycles. The molecule has 18 heavy (non-hydrogen) atoms. The minimum absolute atomic E-state index is 0.122. The monoisotopic (exact) mass is 256 g/mol. The van der Waals surface area contributed by atoms with Crippen molar-refractivity contribution in [3.05, 3.63) is 53.2 Å². The second-order valence-corrected chi connectivity index (χ2v) is 4.81. The first kappa shape index (κ1) is 11.3. The van der Waals surface area contributed by atoms with E-state index < -0.39 is 0 Å². The fourth-order valence-corrected chi connectivity index (χ4v) is 2.68. The smallest absolute Gasteiger partial charge is 0.0705 e. The van der Waals surface area contributed by atoms with Crippen LogP contribution in [-0.2, 0) is 0 Å². The molecule has 0 aliphatic rings. The number of hydrogen-bond donors (Lipinski definition) is 1. The first-order chi connectivity index (χ1) is 8.88. The maximum absolute atomic E-state index is 4.38. The van der Waals surface area contributed by atoms with Gasteiger partial charge in [0, 0.05) is 11.6 Å². The van der Waals surface area contributed by atoms with Gasteiger partial charge >= 0.3 is 0 Å². The maximum Gasteiger partial charge on any atom is 0.0705 e. The maximum atomic E-state index is 4.38. The Morgan fingerprint density at radius 2 is 2.22 bits per heavy atom.